The number of methoxy groups -OCH3 is 1. The molecule has 0 unspecified atom stereocenters. The first-order valence-corrected chi connectivity index (χ1v) is 8.22. The number of aromatic amines is 1. The molecule has 27 heavy (non-hydrogen) atoms. The van der Waals surface area contributed by atoms with Crippen LogP contribution in [0.1, 0.15) is 17.3 Å². The van der Waals surface area contributed by atoms with Gasteiger partial charge in [0.2, 0.25) is 5.95 Å². The molecular weight excluding hydrogens is 350 g/mol. The predicted molar refractivity (Wildman–Crippen MR) is 99.8 cm³/mol. The van der Waals surface area contributed by atoms with Gasteiger partial charge >= 0.3 is 12.0 Å². The van der Waals surface area contributed by atoms with Gasteiger partial charge in [-0.1, -0.05) is 0 Å². The molecule has 140 valence electrons. The molecule has 2 heterocycles. The van der Waals surface area contributed by atoms with Gasteiger partial charge in [-0.3, -0.25) is 10.1 Å². The molecule has 0 spiro atoms. The minimum absolute atomic E-state index is 0.240. The number of carbonyl (C=O) groups excluding carboxylic acids is 2. The van der Waals surface area contributed by atoms with E-state index >= 15 is 0 Å². The van der Waals surface area contributed by atoms with Crippen molar-refractivity contribution < 1.29 is 14.3 Å². The number of ether oxygens (including phenoxy) is 1. The van der Waals surface area contributed by atoms with E-state index < -0.39 is 0 Å². The van der Waals surface area contributed by atoms with Crippen LogP contribution in [-0.2, 0) is 0 Å². The van der Waals surface area contributed by atoms with Crippen molar-refractivity contribution in [3.63, 3.8) is 0 Å². The number of anilines is 1. The first-order valence-electron chi connectivity index (χ1n) is 8.22. The van der Waals surface area contributed by atoms with Crippen LogP contribution in [0.15, 0.2) is 24.5 Å². The maximum absolute atomic E-state index is 12.3. The number of hydrogen-bond acceptors (Lipinski definition) is 6. The molecule has 0 fully saturated rings. The van der Waals surface area contributed by atoms with Crippen LogP contribution in [0.25, 0.3) is 22.2 Å². The Hall–Kier alpha value is -3.69. The summed E-state index contributed by atoms with van der Waals surface area (Å²) in [6.45, 7) is 2.29. The summed E-state index contributed by atoms with van der Waals surface area (Å²) in [5.41, 5.74) is 2.82. The number of benzene rings is 1. The minimum atomic E-state index is -0.387. The zero-order valence-electron chi connectivity index (χ0n) is 15.1. The van der Waals surface area contributed by atoms with Gasteiger partial charge in [0.25, 0.3) is 5.91 Å². The lowest BCUT2D eigenvalue weighted by Crippen LogP contribution is -2.28. The molecule has 0 saturated heterocycles. The zero-order chi connectivity index (χ0) is 19.4. The summed E-state index contributed by atoms with van der Waals surface area (Å²) >= 11 is 0. The maximum Gasteiger partial charge on any atom is 0.321 e. The fourth-order valence-electron chi connectivity index (χ4n) is 2.53. The van der Waals surface area contributed by atoms with Gasteiger partial charge in [-0.15, -0.1) is 0 Å². The Kier molecular flexibility index (Phi) is 5.15. The van der Waals surface area contributed by atoms with E-state index in [1.54, 1.807) is 18.5 Å². The van der Waals surface area contributed by atoms with E-state index in [1.165, 1.54) is 14.2 Å². The lowest BCUT2D eigenvalue weighted by molar-refractivity contribution is 0.0964. The third kappa shape index (κ3) is 3.78. The van der Waals surface area contributed by atoms with Gasteiger partial charge in [0, 0.05) is 31.5 Å². The van der Waals surface area contributed by atoms with Crippen LogP contribution < -0.4 is 20.7 Å². The highest BCUT2D eigenvalue weighted by molar-refractivity contribution is 6.07. The van der Waals surface area contributed by atoms with Crippen LogP contribution >= 0.6 is 0 Å². The van der Waals surface area contributed by atoms with Gasteiger partial charge in [-0.05, 0) is 24.6 Å². The first kappa shape index (κ1) is 18.1. The van der Waals surface area contributed by atoms with Gasteiger partial charge in [-0.2, -0.15) is 0 Å². The van der Waals surface area contributed by atoms with Crippen molar-refractivity contribution >= 4 is 28.9 Å². The lowest BCUT2D eigenvalue weighted by atomic mass is 10.0. The molecule has 4 N–H and O–H groups in total. The Labute approximate surface area is 154 Å². The van der Waals surface area contributed by atoms with E-state index in [2.05, 4.69) is 35.9 Å². The van der Waals surface area contributed by atoms with Gasteiger partial charge in [0.1, 0.15) is 5.52 Å². The van der Waals surface area contributed by atoms with E-state index in [1.807, 2.05) is 13.0 Å². The number of amides is 3. The topological polar surface area (TPSA) is 134 Å². The second kappa shape index (κ2) is 7.68. The van der Waals surface area contributed by atoms with Crippen molar-refractivity contribution in [3.05, 3.63) is 30.1 Å². The average molecular weight is 369 g/mol. The number of urea groups is 1. The van der Waals surface area contributed by atoms with Crippen molar-refractivity contribution in [2.24, 2.45) is 0 Å². The third-order valence-electron chi connectivity index (χ3n) is 3.77. The number of rotatable bonds is 5. The molecular formula is C17H19N7O3. The molecule has 3 amide bonds. The standard InChI is InChI=1S/C17H19N7O3/c1-4-19-16(26)24-15-22-12-6-9(10-7-20-17(27-3)21-8-10)5-11(13(12)23-15)14(25)18-2/h5-8H,4H2,1-3H3,(H,18,25)(H3,19,22,23,24,26). The number of nitrogens with one attached hydrogen (secondary N) is 4. The molecule has 0 aliphatic rings. The van der Waals surface area contributed by atoms with Crippen molar-refractivity contribution in [2.75, 3.05) is 26.0 Å². The fourth-order valence-corrected chi connectivity index (χ4v) is 2.53. The van der Waals surface area contributed by atoms with E-state index in [4.69, 9.17) is 4.74 Å². The number of carbonyl (C=O) groups is 2. The quantitative estimate of drug-likeness (QED) is 0.539. The molecule has 10 heteroatoms. The molecule has 0 aliphatic carbocycles. The zero-order valence-corrected chi connectivity index (χ0v) is 15.1. The largest absolute Gasteiger partial charge is 0.467 e. The van der Waals surface area contributed by atoms with E-state index in [0.717, 1.165) is 5.56 Å². The number of aromatic nitrogens is 4. The number of imidazole rings is 1. The van der Waals surface area contributed by atoms with Crippen molar-refractivity contribution in [2.45, 2.75) is 6.92 Å². The van der Waals surface area contributed by atoms with E-state index in [0.29, 0.717) is 28.7 Å². The normalized spacial score (nSPS) is 10.5. The van der Waals surface area contributed by atoms with Crippen LogP contribution in [0.4, 0.5) is 10.7 Å². The molecule has 0 aliphatic heterocycles. The van der Waals surface area contributed by atoms with Crippen molar-refractivity contribution in [1.82, 2.24) is 30.6 Å². The second-order valence-corrected chi connectivity index (χ2v) is 5.53. The van der Waals surface area contributed by atoms with Gasteiger partial charge in [-0.25, -0.2) is 19.7 Å². The number of fused-ring (bicyclic) bond motifs is 1. The van der Waals surface area contributed by atoms with E-state index in [-0.39, 0.29) is 23.9 Å². The summed E-state index contributed by atoms with van der Waals surface area (Å²) < 4.78 is 4.97. The SMILES string of the molecule is CCNC(=O)Nc1nc2c(C(=O)NC)cc(-c3cnc(OC)nc3)cc2[nH]1. The second-order valence-electron chi connectivity index (χ2n) is 5.53. The molecule has 0 bridgehead atoms. The van der Waals surface area contributed by atoms with Crippen molar-refractivity contribution in [1.29, 1.82) is 0 Å². The summed E-state index contributed by atoms with van der Waals surface area (Å²) in [6.07, 6.45) is 3.20. The molecule has 1 aromatic carbocycles. The average Bonchev–Trinajstić information content (AvgIpc) is 3.08. The summed E-state index contributed by atoms with van der Waals surface area (Å²) in [7, 11) is 3.02. The highest BCUT2D eigenvalue weighted by atomic mass is 16.5. The predicted octanol–water partition coefficient (Wildman–Crippen LogP) is 1.53. The lowest BCUT2D eigenvalue weighted by Gasteiger charge is -2.06. The summed E-state index contributed by atoms with van der Waals surface area (Å²) in [6, 6.07) is 3.37. The smallest absolute Gasteiger partial charge is 0.321 e. The number of H-pyrrole nitrogens is 1. The van der Waals surface area contributed by atoms with Gasteiger partial charge < -0.3 is 20.4 Å². The first-order chi connectivity index (χ1) is 13.0. The molecule has 0 radical (unpaired) electrons. The summed E-state index contributed by atoms with van der Waals surface area (Å²) in [4.78, 5) is 39.6. The Morgan fingerprint density at radius 2 is 1.93 bits per heavy atom. The van der Waals surface area contributed by atoms with Crippen LogP contribution in [0.3, 0.4) is 0 Å². The number of nitrogens with zero attached hydrogens (tertiary/aromatic N) is 3. The number of hydrogen-bond donors (Lipinski definition) is 4. The van der Waals surface area contributed by atoms with Crippen molar-refractivity contribution in [3.8, 4) is 17.1 Å². The third-order valence-corrected chi connectivity index (χ3v) is 3.77. The summed E-state index contributed by atoms with van der Waals surface area (Å²) in [5, 5.41) is 7.82. The molecule has 3 aromatic rings. The molecule has 0 saturated carbocycles. The van der Waals surface area contributed by atoms with Crippen LogP contribution in [0, 0.1) is 0 Å². The van der Waals surface area contributed by atoms with Crippen LogP contribution in [0.5, 0.6) is 6.01 Å². The highest BCUT2D eigenvalue weighted by Crippen LogP contribution is 2.27. The van der Waals surface area contributed by atoms with Crippen LogP contribution in [0.2, 0.25) is 0 Å². The summed E-state index contributed by atoms with van der Waals surface area (Å²) in [5.74, 6) is -0.0587. The molecule has 0 atom stereocenters. The Morgan fingerprint density at radius 1 is 1.19 bits per heavy atom. The highest BCUT2D eigenvalue weighted by Gasteiger charge is 2.17. The Bertz CT molecular complexity index is 982. The van der Waals surface area contributed by atoms with Crippen LogP contribution in [-0.4, -0.2) is 52.6 Å². The molecule has 2 aromatic heterocycles. The minimum Gasteiger partial charge on any atom is -0.467 e. The van der Waals surface area contributed by atoms with Gasteiger partial charge in [0.05, 0.1) is 18.2 Å². The monoisotopic (exact) mass is 369 g/mol. The van der Waals surface area contributed by atoms with Gasteiger partial charge in [0.15, 0.2) is 0 Å². The van der Waals surface area contributed by atoms with E-state index in [9.17, 15) is 9.59 Å². The maximum atomic E-state index is 12.3. The molecule has 10 nitrogen and oxygen atoms in total. The molecule has 3 rings (SSSR count). The fraction of sp³-hybridized carbons (Fsp3) is 0.235. The Balaban J connectivity index is 2.07. The Morgan fingerprint density at radius 3 is 2.56 bits per heavy atom.